The van der Waals surface area contributed by atoms with Crippen LogP contribution in [-0.4, -0.2) is 90.0 Å². The van der Waals surface area contributed by atoms with E-state index in [1.165, 1.54) is 0 Å². The molecular weight excluding hydrogens is 526 g/mol. The number of aliphatic hydroxyl groups is 1. The van der Waals surface area contributed by atoms with Gasteiger partial charge in [-0.2, -0.15) is 0 Å². The Morgan fingerprint density at radius 2 is 1.85 bits per heavy atom. The van der Waals surface area contributed by atoms with Crippen molar-refractivity contribution in [1.29, 1.82) is 0 Å². The van der Waals surface area contributed by atoms with Gasteiger partial charge in [-0.1, -0.05) is 37.6 Å². The van der Waals surface area contributed by atoms with Crippen LogP contribution in [-0.2, 0) is 20.8 Å². The number of rotatable bonds is 13. The number of hydrogen-bond donors (Lipinski definition) is 2. The standard InChI is InChI=1S/C31H39N3O7/c1-2-3-12-32(13-6-15-35)29(37)19-33-18-23(21-9-10-26-27(16-21)41-20-40-26)30(31(38)39)25(33)11-14-34-24-8-5-4-7-22(24)17-28(34)36/h4-5,7-10,16,23,25,30,35H,2-3,6,11-15,17-20H2,1H3,(H,38,39). The van der Waals surface area contributed by atoms with E-state index in [-0.39, 0.29) is 37.7 Å². The van der Waals surface area contributed by atoms with E-state index in [1.54, 1.807) is 15.9 Å². The molecule has 3 atom stereocenters. The molecule has 0 radical (unpaired) electrons. The number of carboxylic acid groups (broad SMARTS) is 1. The van der Waals surface area contributed by atoms with Gasteiger partial charge in [0, 0.05) is 50.4 Å². The van der Waals surface area contributed by atoms with E-state index < -0.39 is 17.9 Å². The maximum Gasteiger partial charge on any atom is 0.308 e. The van der Waals surface area contributed by atoms with Crippen LogP contribution in [0, 0.1) is 5.92 Å². The van der Waals surface area contributed by atoms with Gasteiger partial charge in [0.05, 0.1) is 18.9 Å². The number of aliphatic carboxylic acids is 1. The second-order valence-electron chi connectivity index (χ2n) is 11.0. The Bertz CT molecular complexity index is 1260. The molecule has 1 saturated heterocycles. The number of hydrogen-bond acceptors (Lipinski definition) is 7. The average Bonchev–Trinajstić information content (AvgIpc) is 3.66. The van der Waals surface area contributed by atoms with Crippen LogP contribution in [0.15, 0.2) is 42.5 Å². The number of fused-ring (bicyclic) bond motifs is 2. The van der Waals surface area contributed by atoms with E-state index >= 15 is 0 Å². The molecule has 2 aromatic rings. The molecule has 2 N–H and O–H groups in total. The Morgan fingerprint density at radius 1 is 1.07 bits per heavy atom. The topological polar surface area (TPSA) is 120 Å². The van der Waals surface area contributed by atoms with Gasteiger partial charge < -0.3 is 29.5 Å². The highest BCUT2D eigenvalue weighted by molar-refractivity contribution is 6.01. The van der Waals surface area contributed by atoms with Crippen LogP contribution < -0.4 is 14.4 Å². The Hall–Kier alpha value is -3.63. The first-order valence-corrected chi connectivity index (χ1v) is 14.5. The number of anilines is 1. The van der Waals surface area contributed by atoms with Crippen molar-refractivity contribution >= 4 is 23.5 Å². The third-order valence-corrected chi connectivity index (χ3v) is 8.49. The summed E-state index contributed by atoms with van der Waals surface area (Å²) in [6.45, 7) is 4.09. The van der Waals surface area contributed by atoms with Crippen LogP contribution in [0.4, 0.5) is 5.69 Å². The molecule has 10 heteroatoms. The van der Waals surface area contributed by atoms with Gasteiger partial charge in [0.1, 0.15) is 0 Å². The van der Waals surface area contributed by atoms with Gasteiger partial charge >= 0.3 is 5.97 Å². The third-order valence-electron chi connectivity index (χ3n) is 8.49. The minimum Gasteiger partial charge on any atom is -0.481 e. The summed E-state index contributed by atoms with van der Waals surface area (Å²) in [6.07, 6.45) is 3.04. The minimum absolute atomic E-state index is 0.000707. The monoisotopic (exact) mass is 565 g/mol. The van der Waals surface area contributed by atoms with Crippen molar-refractivity contribution in [3.8, 4) is 11.5 Å². The molecule has 220 valence electrons. The van der Waals surface area contributed by atoms with Gasteiger partial charge in [-0.25, -0.2) is 0 Å². The molecule has 2 aromatic carbocycles. The number of aliphatic hydroxyl groups excluding tert-OH is 1. The quantitative estimate of drug-likeness (QED) is 0.381. The third kappa shape index (κ3) is 6.18. The first-order valence-electron chi connectivity index (χ1n) is 14.5. The number of nitrogens with zero attached hydrogens (tertiary/aromatic N) is 3. The molecule has 3 unspecified atom stereocenters. The van der Waals surface area contributed by atoms with Crippen molar-refractivity contribution in [3.05, 3.63) is 53.6 Å². The lowest BCUT2D eigenvalue weighted by molar-refractivity contribution is -0.143. The van der Waals surface area contributed by atoms with Crippen molar-refractivity contribution in [2.75, 3.05) is 51.0 Å². The summed E-state index contributed by atoms with van der Waals surface area (Å²) < 4.78 is 11.0. The van der Waals surface area contributed by atoms with Crippen molar-refractivity contribution in [3.63, 3.8) is 0 Å². The summed E-state index contributed by atoms with van der Waals surface area (Å²) in [6, 6.07) is 12.8. The number of benzene rings is 2. The first-order chi connectivity index (χ1) is 19.9. The van der Waals surface area contributed by atoms with Crippen LogP contribution in [0.25, 0.3) is 0 Å². The molecule has 0 aliphatic carbocycles. The van der Waals surface area contributed by atoms with Crippen molar-refractivity contribution in [2.24, 2.45) is 5.92 Å². The van der Waals surface area contributed by atoms with E-state index in [1.807, 2.05) is 41.3 Å². The highest BCUT2D eigenvalue weighted by atomic mass is 16.7. The number of carbonyl (C=O) groups is 3. The van der Waals surface area contributed by atoms with Gasteiger partial charge in [0.15, 0.2) is 11.5 Å². The molecule has 3 aliphatic heterocycles. The molecule has 41 heavy (non-hydrogen) atoms. The van der Waals surface area contributed by atoms with E-state index in [2.05, 4.69) is 6.92 Å². The zero-order chi connectivity index (χ0) is 28.9. The molecule has 1 fully saturated rings. The lowest BCUT2D eigenvalue weighted by atomic mass is 9.84. The van der Waals surface area contributed by atoms with Gasteiger partial charge in [0.25, 0.3) is 0 Å². The fraction of sp³-hybridized carbons (Fsp3) is 0.516. The van der Waals surface area contributed by atoms with E-state index in [9.17, 15) is 24.6 Å². The zero-order valence-corrected chi connectivity index (χ0v) is 23.5. The largest absolute Gasteiger partial charge is 0.481 e. The molecule has 2 amide bonds. The van der Waals surface area contributed by atoms with Crippen molar-refractivity contribution in [2.45, 2.75) is 51.0 Å². The molecule has 10 nitrogen and oxygen atoms in total. The van der Waals surface area contributed by atoms with Crippen LogP contribution in [0.2, 0.25) is 0 Å². The normalized spacial score (nSPS) is 21.4. The van der Waals surface area contributed by atoms with E-state index in [0.717, 1.165) is 29.7 Å². The summed E-state index contributed by atoms with van der Waals surface area (Å²) in [5.41, 5.74) is 2.67. The summed E-state index contributed by atoms with van der Waals surface area (Å²) in [5, 5.41) is 19.9. The average molecular weight is 566 g/mol. The summed E-state index contributed by atoms with van der Waals surface area (Å²) in [5.74, 6) is -0.934. The smallest absolute Gasteiger partial charge is 0.308 e. The number of carboxylic acids is 1. The van der Waals surface area contributed by atoms with Crippen LogP contribution in [0.1, 0.15) is 49.7 Å². The summed E-state index contributed by atoms with van der Waals surface area (Å²) >= 11 is 0. The first kappa shape index (κ1) is 28.9. The maximum atomic E-state index is 13.6. The number of ether oxygens (including phenoxy) is 2. The molecule has 0 spiro atoms. The SMILES string of the molecule is CCCCN(CCCO)C(=O)CN1CC(c2ccc3c(c2)OCO3)C(C(=O)O)C1CCN1C(=O)Cc2ccccc21. The Labute approximate surface area is 240 Å². The zero-order valence-electron chi connectivity index (χ0n) is 23.5. The lowest BCUT2D eigenvalue weighted by Gasteiger charge is -2.31. The number of carbonyl (C=O) groups excluding carboxylic acids is 2. The second kappa shape index (κ2) is 12.9. The summed E-state index contributed by atoms with van der Waals surface area (Å²) in [4.78, 5) is 44.8. The van der Waals surface area contributed by atoms with E-state index in [0.29, 0.717) is 56.9 Å². The number of amides is 2. The summed E-state index contributed by atoms with van der Waals surface area (Å²) in [7, 11) is 0. The Balaban J connectivity index is 1.41. The predicted molar refractivity (Wildman–Crippen MR) is 152 cm³/mol. The number of para-hydroxylation sites is 1. The van der Waals surface area contributed by atoms with E-state index in [4.69, 9.17) is 9.47 Å². The highest BCUT2D eigenvalue weighted by Crippen LogP contribution is 2.43. The molecular formula is C31H39N3O7. The van der Waals surface area contributed by atoms with Gasteiger partial charge in [-0.3, -0.25) is 19.3 Å². The Morgan fingerprint density at radius 3 is 2.63 bits per heavy atom. The number of likely N-dealkylation sites (tertiary alicyclic amines) is 1. The van der Waals surface area contributed by atoms with Gasteiger partial charge in [0.2, 0.25) is 18.6 Å². The van der Waals surface area contributed by atoms with Gasteiger partial charge in [-0.05, 0) is 48.6 Å². The lowest BCUT2D eigenvalue weighted by Crippen LogP contribution is -2.46. The molecule has 3 heterocycles. The highest BCUT2D eigenvalue weighted by Gasteiger charge is 2.47. The van der Waals surface area contributed by atoms with Crippen molar-refractivity contribution in [1.82, 2.24) is 9.80 Å². The van der Waals surface area contributed by atoms with Gasteiger partial charge in [-0.15, -0.1) is 0 Å². The van der Waals surface area contributed by atoms with Crippen LogP contribution in [0.5, 0.6) is 11.5 Å². The molecule has 0 bridgehead atoms. The molecule has 0 saturated carbocycles. The van der Waals surface area contributed by atoms with Crippen molar-refractivity contribution < 1.29 is 34.1 Å². The fourth-order valence-electron chi connectivity index (χ4n) is 6.40. The second-order valence-corrected chi connectivity index (χ2v) is 11.0. The molecule has 5 rings (SSSR count). The molecule has 3 aliphatic rings. The fourth-order valence-corrected chi connectivity index (χ4v) is 6.40. The Kier molecular flexibility index (Phi) is 9.09. The predicted octanol–water partition coefficient (Wildman–Crippen LogP) is 2.87. The molecule has 0 aromatic heterocycles. The maximum absolute atomic E-state index is 13.6. The van der Waals surface area contributed by atoms with Crippen LogP contribution in [0.3, 0.4) is 0 Å². The minimum atomic E-state index is -0.927. The number of unbranched alkanes of at least 4 members (excludes halogenated alkanes) is 1. The van der Waals surface area contributed by atoms with Crippen LogP contribution >= 0.6 is 0 Å².